The molecular weight excluding hydrogens is 258 g/mol. The molecule has 0 unspecified atom stereocenters. The minimum Gasteiger partial charge on any atom is -0.386 e. The first-order valence-corrected chi connectivity index (χ1v) is 6.86. The van der Waals surface area contributed by atoms with E-state index in [1.54, 1.807) is 14.0 Å². The molecule has 1 aliphatic heterocycles. The van der Waals surface area contributed by atoms with Crippen LogP contribution in [-0.2, 0) is 17.1 Å². The van der Waals surface area contributed by atoms with Crippen LogP contribution in [0.25, 0.3) is 0 Å². The quantitative estimate of drug-likeness (QED) is 0.712. The summed E-state index contributed by atoms with van der Waals surface area (Å²) < 4.78 is 23.8. The second-order valence-electron chi connectivity index (χ2n) is 4.88. The number of carbonyl (C=O) groups is 1. The highest BCUT2D eigenvalue weighted by atomic mass is 32.2. The molecule has 3 N–H and O–H groups in total. The van der Waals surface area contributed by atoms with E-state index in [1.165, 1.54) is 21.7 Å². The molecule has 0 spiro atoms. The van der Waals surface area contributed by atoms with E-state index in [1.807, 2.05) is 0 Å². The van der Waals surface area contributed by atoms with Gasteiger partial charge in [0.05, 0.1) is 18.7 Å². The lowest BCUT2D eigenvalue weighted by Crippen LogP contribution is -2.61. The molecule has 1 amide bonds. The second kappa shape index (κ2) is 3.81. The summed E-state index contributed by atoms with van der Waals surface area (Å²) in [5.74, 6) is -0.320. The van der Waals surface area contributed by atoms with Gasteiger partial charge in [0.15, 0.2) is 0 Å². The third kappa shape index (κ3) is 2.26. The van der Waals surface area contributed by atoms with Crippen LogP contribution in [0.2, 0.25) is 0 Å². The molecule has 1 fully saturated rings. The number of sulfonamides is 1. The first-order valence-electron chi connectivity index (χ1n) is 5.31. The lowest BCUT2D eigenvalue weighted by Gasteiger charge is -2.44. The molecule has 18 heavy (non-hydrogen) atoms. The van der Waals surface area contributed by atoms with Crippen LogP contribution in [0, 0.1) is 0 Å². The van der Waals surface area contributed by atoms with E-state index in [0.717, 1.165) is 0 Å². The number of aryl methyl sites for hydroxylation is 1. The van der Waals surface area contributed by atoms with E-state index >= 15 is 0 Å². The SMILES string of the molecule is Cn1cc(S(N)(=O)=O)cc1C(=O)N1CC(C)(O)C1. The number of nitrogens with zero attached hydrogens (tertiary/aromatic N) is 2. The summed E-state index contributed by atoms with van der Waals surface area (Å²) >= 11 is 0. The standard InChI is InChI=1S/C10H15N3O4S/c1-10(15)5-13(6-10)9(14)8-3-7(4-12(8)2)18(11,16)17/h3-4,15H,5-6H2,1-2H3,(H2,11,16,17). The minimum absolute atomic E-state index is 0.0966. The molecule has 0 bridgehead atoms. The highest BCUT2D eigenvalue weighted by Crippen LogP contribution is 2.23. The van der Waals surface area contributed by atoms with Crippen LogP contribution in [-0.4, -0.2) is 47.6 Å². The Morgan fingerprint density at radius 2 is 2.06 bits per heavy atom. The van der Waals surface area contributed by atoms with Crippen LogP contribution < -0.4 is 5.14 Å². The maximum Gasteiger partial charge on any atom is 0.270 e. The summed E-state index contributed by atoms with van der Waals surface area (Å²) in [5, 5.41) is 14.6. The fraction of sp³-hybridized carbons (Fsp3) is 0.500. The van der Waals surface area contributed by atoms with E-state index in [4.69, 9.17) is 5.14 Å². The van der Waals surface area contributed by atoms with E-state index in [9.17, 15) is 18.3 Å². The Hall–Kier alpha value is -1.38. The van der Waals surface area contributed by atoms with Crippen molar-refractivity contribution < 1.29 is 18.3 Å². The molecule has 100 valence electrons. The summed E-state index contributed by atoms with van der Waals surface area (Å²) in [6, 6.07) is 1.24. The van der Waals surface area contributed by atoms with Crippen molar-refractivity contribution in [2.24, 2.45) is 12.2 Å². The second-order valence-corrected chi connectivity index (χ2v) is 6.44. The number of aromatic nitrogens is 1. The third-order valence-corrected chi connectivity index (χ3v) is 3.76. The predicted octanol–water partition coefficient (Wildman–Crippen LogP) is -1.12. The Kier molecular flexibility index (Phi) is 2.76. The van der Waals surface area contributed by atoms with Gasteiger partial charge in [-0.25, -0.2) is 13.6 Å². The van der Waals surface area contributed by atoms with Gasteiger partial charge < -0.3 is 14.6 Å². The van der Waals surface area contributed by atoms with Gasteiger partial charge in [0, 0.05) is 13.2 Å². The molecule has 7 nitrogen and oxygen atoms in total. The average Bonchev–Trinajstić information content (AvgIpc) is 2.55. The van der Waals surface area contributed by atoms with Crippen molar-refractivity contribution in [2.45, 2.75) is 17.4 Å². The fourth-order valence-electron chi connectivity index (χ4n) is 1.98. The monoisotopic (exact) mass is 273 g/mol. The van der Waals surface area contributed by atoms with Crippen molar-refractivity contribution in [3.05, 3.63) is 18.0 Å². The summed E-state index contributed by atoms with van der Waals surface area (Å²) in [5.41, 5.74) is -0.626. The molecule has 2 rings (SSSR count). The summed E-state index contributed by atoms with van der Waals surface area (Å²) in [4.78, 5) is 13.4. The Morgan fingerprint density at radius 3 is 2.44 bits per heavy atom. The molecule has 1 aliphatic rings. The first-order chi connectivity index (χ1) is 8.10. The average molecular weight is 273 g/mol. The molecule has 1 aromatic heterocycles. The number of aliphatic hydroxyl groups is 1. The minimum atomic E-state index is -3.82. The summed E-state index contributed by atoms with van der Waals surface area (Å²) in [6.45, 7) is 2.11. The molecule has 2 heterocycles. The van der Waals surface area contributed by atoms with E-state index < -0.39 is 15.6 Å². The number of hydrogen-bond donors (Lipinski definition) is 2. The molecule has 0 atom stereocenters. The molecule has 1 aromatic rings. The van der Waals surface area contributed by atoms with Crippen molar-refractivity contribution in [2.75, 3.05) is 13.1 Å². The number of hydrogen-bond acceptors (Lipinski definition) is 4. The smallest absolute Gasteiger partial charge is 0.270 e. The normalized spacial score (nSPS) is 18.6. The molecule has 0 aliphatic carbocycles. The van der Waals surface area contributed by atoms with Crippen LogP contribution >= 0.6 is 0 Å². The van der Waals surface area contributed by atoms with Crippen LogP contribution in [0.4, 0.5) is 0 Å². The molecule has 8 heteroatoms. The highest BCUT2D eigenvalue weighted by Gasteiger charge is 2.40. The number of carbonyl (C=O) groups excluding carboxylic acids is 1. The van der Waals surface area contributed by atoms with Crippen molar-refractivity contribution in [3.8, 4) is 0 Å². The van der Waals surface area contributed by atoms with E-state index in [0.29, 0.717) is 0 Å². The van der Waals surface area contributed by atoms with E-state index in [2.05, 4.69) is 0 Å². The van der Waals surface area contributed by atoms with Gasteiger partial charge in [0.2, 0.25) is 10.0 Å². The zero-order chi connectivity index (χ0) is 13.7. The van der Waals surface area contributed by atoms with Crippen LogP contribution in [0.1, 0.15) is 17.4 Å². The fourth-order valence-corrected chi connectivity index (χ4v) is 2.57. The van der Waals surface area contributed by atoms with Gasteiger partial charge in [-0.2, -0.15) is 0 Å². The lowest BCUT2D eigenvalue weighted by molar-refractivity contribution is -0.0671. The number of rotatable bonds is 2. The zero-order valence-electron chi connectivity index (χ0n) is 10.1. The van der Waals surface area contributed by atoms with Crippen molar-refractivity contribution in [1.29, 1.82) is 0 Å². The molecule has 0 saturated carbocycles. The van der Waals surface area contributed by atoms with Crippen LogP contribution in [0.3, 0.4) is 0 Å². The topological polar surface area (TPSA) is 106 Å². The third-order valence-electron chi connectivity index (χ3n) is 2.88. The van der Waals surface area contributed by atoms with Gasteiger partial charge in [0.1, 0.15) is 10.6 Å². The van der Waals surface area contributed by atoms with Crippen molar-refractivity contribution in [1.82, 2.24) is 9.47 Å². The van der Waals surface area contributed by atoms with Crippen molar-refractivity contribution >= 4 is 15.9 Å². The van der Waals surface area contributed by atoms with Crippen molar-refractivity contribution in [3.63, 3.8) is 0 Å². The Balaban J connectivity index is 2.25. The number of primary sulfonamides is 1. The van der Waals surface area contributed by atoms with Gasteiger partial charge >= 0.3 is 0 Å². The van der Waals surface area contributed by atoms with E-state index in [-0.39, 0.29) is 29.6 Å². The molecule has 1 saturated heterocycles. The first kappa shape index (κ1) is 13.1. The van der Waals surface area contributed by atoms with Gasteiger partial charge in [0.25, 0.3) is 5.91 Å². The Labute approximate surface area is 105 Å². The lowest BCUT2D eigenvalue weighted by atomic mass is 9.96. The highest BCUT2D eigenvalue weighted by molar-refractivity contribution is 7.89. The van der Waals surface area contributed by atoms with Crippen LogP contribution in [0.15, 0.2) is 17.2 Å². The van der Waals surface area contributed by atoms with Gasteiger partial charge in [-0.3, -0.25) is 4.79 Å². The summed E-state index contributed by atoms with van der Waals surface area (Å²) in [6.07, 6.45) is 1.29. The maximum atomic E-state index is 12.0. The number of likely N-dealkylation sites (tertiary alicyclic amines) is 1. The Bertz CT molecular complexity index is 595. The molecule has 0 radical (unpaired) electrons. The largest absolute Gasteiger partial charge is 0.386 e. The Morgan fingerprint density at radius 1 is 1.50 bits per heavy atom. The van der Waals surface area contributed by atoms with Gasteiger partial charge in [-0.05, 0) is 13.0 Å². The van der Waals surface area contributed by atoms with Crippen LogP contribution in [0.5, 0.6) is 0 Å². The number of amides is 1. The van der Waals surface area contributed by atoms with Gasteiger partial charge in [-0.15, -0.1) is 0 Å². The maximum absolute atomic E-state index is 12.0. The number of β-amino-alcohol motifs (C(OH)–C–C–N with tert-alkyl or cyclic N) is 1. The summed E-state index contributed by atoms with van der Waals surface area (Å²) in [7, 11) is -2.25. The predicted molar refractivity (Wildman–Crippen MR) is 63.3 cm³/mol. The molecule has 0 aromatic carbocycles. The molecular formula is C10H15N3O4S. The van der Waals surface area contributed by atoms with Gasteiger partial charge in [-0.1, -0.05) is 0 Å². The number of nitrogens with two attached hydrogens (primary N) is 1. The zero-order valence-corrected chi connectivity index (χ0v) is 10.9.